The van der Waals surface area contributed by atoms with Gasteiger partial charge in [0.25, 0.3) is 10.0 Å². The Bertz CT molecular complexity index is 863. The molecule has 0 aliphatic carbocycles. The molecule has 0 heterocycles. The number of rotatable bonds is 5. The van der Waals surface area contributed by atoms with Crippen LogP contribution in [-0.2, 0) is 14.8 Å². The number of aryl methyl sites for hydroxylation is 1. The van der Waals surface area contributed by atoms with Gasteiger partial charge in [0.15, 0.2) is 0 Å². The summed E-state index contributed by atoms with van der Waals surface area (Å²) in [6.07, 6.45) is 1.11. The Balaban J connectivity index is 2.39. The number of halogens is 1. The van der Waals surface area contributed by atoms with E-state index in [-0.39, 0.29) is 10.6 Å². The van der Waals surface area contributed by atoms with Crippen LogP contribution in [0.3, 0.4) is 0 Å². The second-order valence-corrected chi connectivity index (χ2v) is 6.82. The molecule has 0 radical (unpaired) electrons. The minimum Gasteiger partial charge on any atom is -0.322 e. The first-order valence-electron chi connectivity index (χ1n) is 6.65. The molecule has 0 aromatic heterocycles. The number of hydrogen-bond acceptors (Lipinski definition) is 3. The van der Waals surface area contributed by atoms with Crippen molar-refractivity contribution >= 4 is 38.9 Å². The third-order valence-corrected chi connectivity index (χ3v) is 4.89. The van der Waals surface area contributed by atoms with Gasteiger partial charge in [0.2, 0.25) is 5.91 Å². The van der Waals surface area contributed by atoms with E-state index in [0.717, 1.165) is 6.08 Å². The Labute approximate surface area is 140 Å². The number of carbonyl (C=O) groups excluding carboxylic acids is 1. The van der Waals surface area contributed by atoms with E-state index in [4.69, 9.17) is 11.6 Å². The molecule has 2 aromatic carbocycles. The summed E-state index contributed by atoms with van der Waals surface area (Å²) in [5.41, 5.74) is 1.19. The Morgan fingerprint density at radius 3 is 2.57 bits per heavy atom. The van der Waals surface area contributed by atoms with Crippen LogP contribution in [0.2, 0.25) is 5.02 Å². The van der Waals surface area contributed by atoms with E-state index < -0.39 is 15.9 Å². The molecule has 0 spiro atoms. The number of hydrogen-bond donors (Lipinski definition) is 2. The van der Waals surface area contributed by atoms with Gasteiger partial charge in [-0.3, -0.25) is 9.52 Å². The van der Waals surface area contributed by atoms with Crippen molar-refractivity contribution in [3.63, 3.8) is 0 Å². The Morgan fingerprint density at radius 1 is 1.22 bits per heavy atom. The predicted molar refractivity (Wildman–Crippen MR) is 92.3 cm³/mol. The van der Waals surface area contributed by atoms with Gasteiger partial charge in [-0.25, -0.2) is 8.42 Å². The number of para-hydroxylation sites is 1. The molecule has 0 saturated carbocycles. The zero-order valence-electron chi connectivity index (χ0n) is 12.3. The topological polar surface area (TPSA) is 75.3 Å². The molecule has 120 valence electrons. The van der Waals surface area contributed by atoms with E-state index in [0.29, 0.717) is 16.3 Å². The van der Waals surface area contributed by atoms with E-state index in [1.54, 1.807) is 43.3 Å². The quantitative estimate of drug-likeness (QED) is 0.809. The molecule has 0 fully saturated rings. The molecule has 23 heavy (non-hydrogen) atoms. The second kappa shape index (κ2) is 6.85. The van der Waals surface area contributed by atoms with Crippen LogP contribution >= 0.6 is 11.6 Å². The number of benzene rings is 2. The van der Waals surface area contributed by atoms with Crippen molar-refractivity contribution in [2.24, 2.45) is 0 Å². The summed E-state index contributed by atoms with van der Waals surface area (Å²) < 4.78 is 27.6. The van der Waals surface area contributed by atoms with Gasteiger partial charge in [0.1, 0.15) is 0 Å². The van der Waals surface area contributed by atoms with Crippen molar-refractivity contribution in [2.45, 2.75) is 11.8 Å². The van der Waals surface area contributed by atoms with Crippen molar-refractivity contribution in [3.05, 3.63) is 65.7 Å². The van der Waals surface area contributed by atoms with Crippen LogP contribution < -0.4 is 10.0 Å². The summed E-state index contributed by atoms with van der Waals surface area (Å²) in [4.78, 5) is 11.4. The molecule has 7 heteroatoms. The van der Waals surface area contributed by atoms with E-state index in [2.05, 4.69) is 16.6 Å². The first kappa shape index (κ1) is 17.1. The standard InChI is InChI=1S/C16H15ClN2O3S/c1-3-16(20)18-12-9-8-11(2)15(10-12)23(21,22)19-14-7-5-4-6-13(14)17/h3-10,19H,1H2,2H3,(H,18,20). The fourth-order valence-electron chi connectivity index (χ4n) is 1.90. The van der Waals surface area contributed by atoms with Gasteiger partial charge >= 0.3 is 0 Å². The Morgan fingerprint density at radius 2 is 1.91 bits per heavy atom. The van der Waals surface area contributed by atoms with Crippen LogP contribution in [-0.4, -0.2) is 14.3 Å². The fourth-order valence-corrected chi connectivity index (χ4v) is 3.49. The fraction of sp³-hybridized carbons (Fsp3) is 0.0625. The predicted octanol–water partition coefficient (Wildman–Crippen LogP) is 3.57. The van der Waals surface area contributed by atoms with Crippen molar-refractivity contribution in [2.75, 3.05) is 10.0 Å². The molecular formula is C16H15ClN2O3S. The molecule has 0 atom stereocenters. The normalized spacial score (nSPS) is 10.9. The van der Waals surface area contributed by atoms with Crippen LogP contribution in [0.1, 0.15) is 5.56 Å². The lowest BCUT2D eigenvalue weighted by Gasteiger charge is -2.13. The summed E-state index contributed by atoms with van der Waals surface area (Å²) in [5.74, 6) is -0.420. The molecule has 2 rings (SSSR count). The molecule has 2 aromatic rings. The lowest BCUT2D eigenvalue weighted by Crippen LogP contribution is -2.15. The maximum Gasteiger partial charge on any atom is 0.262 e. The van der Waals surface area contributed by atoms with Gasteiger partial charge in [-0.1, -0.05) is 36.4 Å². The molecule has 0 bridgehead atoms. The van der Waals surface area contributed by atoms with Crippen LogP contribution in [0, 0.1) is 6.92 Å². The number of sulfonamides is 1. The Kier molecular flexibility index (Phi) is 5.08. The lowest BCUT2D eigenvalue weighted by atomic mass is 10.2. The zero-order chi connectivity index (χ0) is 17.0. The smallest absolute Gasteiger partial charge is 0.262 e. The van der Waals surface area contributed by atoms with Gasteiger partial charge in [-0.15, -0.1) is 0 Å². The molecule has 1 amide bonds. The Hall–Kier alpha value is -2.31. The van der Waals surface area contributed by atoms with E-state index in [1.165, 1.54) is 6.07 Å². The minimum atomic E-state index is -3.84. The minimum absolute atomic E-state index is 0.0549. The molecule has 0 aliphatic rings. The first-order valence-corrected chi connectivity index (χ1v) is 8.51. The third-order valence-electron chi connectivity index (χ3n) is 3.05. The van der Waals surface area contributed by atoms with Gasteiger partial charge in [0, 0.05) is 5.69 Å². The number of carbonyl (C=O) groups is 1. The van der Waals surface area contributed by atoms with Crippen LogP contribution in [0.15, 0.2) is 60.0 Å². The summed E-state index contributed by atoms with van der Waals surface area (Å²) in [6, 6.07) is 11.2. The zero-order valence-corrected chi connectivity index (χ0v) is 13.9. The average Bonchev–Trinajstić information content (AvgIpc) is 2.51. The highest BCUT2D eigenvalue weighted by atomic mass is 35.5. The van der Waals surface area contributed by atoms with E-state index >= 15 is 0 Å². The number of amides is 1. The highest BCUT2D eigenvalue weighted by molar-refractivity contribution is 7.92. The monoisotopic (exact) mass is 350 g/mol. The highest BCUT2D eigenvalue weighted by Gasteiger charge is 2.19. The third kappa shape index (κ3) is 4.12. The van der Waals surface area contributed by atoms with Crippen LogP contribution in [0.4, 0.5) is 11.4 Å². The highest BCUT2D eigenvalue weighted by Crippen LogP contribution is 2.26. The second-order valence-electron chi connectivity index (χ2n) is 4.76. The van der Waals surface area contributed by atoms with Gasteiger partial charge < -0.3 is 5.32 Å². The maximum absolute atomic E-state index is 12.6. The first-order chi connectivity index (χ1) is 10.8. The maximum atomic E-state index is 12.6. The van der Waals surface area contributed by atoms with Crippen molar-refractivity contribution < 1.29 is 13.2 Å². The SMILES string of the molecule is C=CC(=O)Nc1ccc(C)c(S(=O)(=O)Nc2ccccc2Cl)c1. The average molecular weight is 351 g/mol. The molecule has 0 saturated heterocycles. The van der Waals surface area contributed by atoms with E-state index in [1.807, 2.05) is 0 Å². The largest absolute Gasteiger partial charge is 0.322 e. The summed E-state index contributed by atoms with van der Waals surface area (Å²) in [5, 5.41) is 2.83. The van der Waals surface area contributed by atoms with E-state index in [9.17, 15) is 13.2 Å². The number of nitrogens with one attached hydrogen (secondary N) is 2. The van der Waals surface area contributed by atoms with Crippen molar-refractivity contribution in [1.29, 1.82) is 0 Å². The molecule has 2 N–H and O–H groups in total. The molecule has 0 aliphatic heterocycles. The number of anilines is 2. The molecule has 0 unspecified atom stereocenters. The van der Waals surface area contributed by atoms with Crippen molar-refractivity contribution in [3.8, 4) is 0 Å². The van der Waals surface area contributed by atoms with Gasteiger partial charge in [-0.05, 0) is 42.8 Å². The van der Waals surface area contributed by atoms with Gasteiger partial charge in [-0.2, -0.15) is 0 Å². The molecule has 5 nitrogen and oxygen atoms in total. The van der Waals surface area contributed by atoms with Crippen LogP contribution in [0.25, 0.3) is 0 Å². The molecular weight excluding hydrogens is 336 g/mol. The van der Waals surface area contributed by atoms with Crippen molar-refractivity contribution in [1.82, 2.24) is 0 Å². The summed E-state index contributed by atoms with van der Waals surface area (Å²) in [6.45, 7) is 5.02. The van der Waals surface area contributed by atoms with Crippen LogP contribution in [0.5, 0.6) is 0 Å². The summed E-state index contributed by atoms with van der Waals surface area (Å²) in [7, 11) is -3.84. The summed E-state index contributed by atoms with van der Waals surface area (Å²) >= 11 is 5.98. The lowest BCUT2D eigenvalue weighted by molar-refractivity contribution is -0.111. The van der Waals surface area contributed by atoms with Gasteiger partial charge in [0.05, 0.1) is 15.6 Å².